The molecule has 0 aromatic heterocycles. The van der Waals surface area contributed by atoms with E-state index >= 15 is 0 Å². The molecule has 4 aliphatic rings. The topological polar surface area (TPSA) is 17.1 Å². The average Bonchev–Trinajstić information content (AvgIpc) is 2.81. The highest BCUT2D eigenvalue weighted by Gasteiger charge is 2.63. The zero-order chi connectivity index (χ0) is 17.3. The molecule has 0 aromatic carbocycles. The molecule has 0 radical (unpaired) electrons. The molecule has 134 valence electrons. The lowest BCUT2D eigenvalue weighted by atomic mass is 9.45. The zero-order valence-corrected chi connectivity index (χ0v) is 15.8. The summed E-state index contributed by atoms with van der Waals surface area (Å²) < 4.78 is 13.9. The van der Waals surface area contributed by atoms with E-state index in [2.05, 4.69) is 26.8 Å². The number of hydrogen-bond donors (Lipinski definition) is 0. The van der Waals surface area contributed by atoms with Crippen molar-refractivity contribution in [2.24, 2.45) is 34.0 Å². The molecule has 1 nitrogen and oxygen atoms in total. The first-order valence-electron chi connectivity index (χ1n) is 10.1. The van der Waals surface area contributed by atoms with E-state index in [0.717, 1.165) is 25.7 Å². The van der Waals surface area contributed by atoms with Crippen LogP contribution in [-0.4, -0.2) is 12.0 Å². The van der Waals surface area contributed by atoms with Crippen LogP contribution in [0.15, 0.2) is 11.6 Å². The summed E-state index contributed by atoms with van der Waals surface area (Å²) in [4.78, 5) is 12.5. The van der Waals surface area contributed by atoms with Gasteiger partial charge in [-0.2, -0.15) is 0 Å². The Hall–Kier alpha value is -0.660. The quantitative estimate of drug-likeness (QED) is 0.548. The minimum absolute atomic E-state index is 0.135. The van der Waals surface area contributed by atoms with Gasteiger partial charge in [0.05, 0.1) is 0 Å². The predicted octanol–water partition coefficient (Wildman–Crippen LogP) is 5.88. The van der Waals surface area contributed by atoms with Crippen molar-refractivity contribution >= 4 is 5.78 Å². The third-order valence-electron chi connectivity index (χ3n) is 9.43. The number of rotatable bonds is 1. The first-order valence-corrected chi connectivity index (χ1v) is 10.1. The summed E-state index contributed by atoms with van der Waals surface area (Å²) in [7, 11) is 0. The second kappa shape index (κ2) is 5.17. The van der Waals surface area contributed by atoms with Crippen LogP contribution in [0.1, 0.15) is 79.1 Å². The summed E-state index contributed by atoms with van der Waals surface area (Å²) in [6, 6.07) is 0. The molecule has 0 amide bonds. The normalized spacial score (nSPS) is 53.6. The van der Waals surface area contributed by atoms with E-state index in [1.807, 2.05) is 6.92 Å². The molecule has 0 aliphatic heterocycles. The Morgan fingerprint density at radius 3 is 2.50 bits per heavy atom. The largest absolute Gasteiger partial charge is 0.299 e. The molecule has 4 rings (SSSR count). The number of allylic oxidation sites excluding steroid dienone is 2. The molecule has 0 saturated heterocycles. The Labute approximate surface area is 146 Å². The van der Waals surface area contributed by atoms with Crippen LogP contribution in [-0.2, 0) is 4.79 Å². The number of carbonyl (C=O) groups is 1. The maximum absolute atomic E-state index is 13.9. The van der Waals surface area contributed by atoms with Crippen molar-refractivity contribution in [1.82, 2.24) is 0 Å². The fraction of sp³-hybridized carbons (Fsp3) is 0.864. The fourth-order valence-corrected chi connectivity index (χ4v) is 7.46. The van der Waals surface area contributed by atoms with Crippen LogP contribution in [0.5, 0.6) is 0 Å². The highest BCUT2D eigenvalue weighted by atomic mass is 19.1. The van der Waals surface area contributed by atoms with Crippen molar-refractivity contribution in [2.75, 3.05) is 0 Å². The monoisotopic (exact) mass is 332 g/mol. The molecular formula is C22H33FO. The molecule has 0 heterocycles. The zero-order valence-electron chi connectivity index (χ0n) is 15.8. The number of alkyl halides is 1. The molecule has 0 aromatic rings. The van der Waals surface area contributed by atoms with E-state index in [0.29, 0.717) is 30.0 Å². The van der Waals surface area contributed by atoms with Crippen LogP contribution in [0.4, 0.5) is 4.39 Å². The molecule has 24 heavy (non-hydrogen) atoms. The summed E-state index contributed by atoms with van der Waals surface area (Å²) >= 11 is 0. The number of fused-ring (bicyclic) bond motifs is 5. The first-order chi connectivity index (χ1) is 11.2. The van der Waals surface area contributed by atoms with Crippen molar-refractivity contribution in [3.8, 4) is 0 Å². The van der Waals surface area contributed by atoms with E-state index < -0.39 is 6.17 Å². The summed E-state index contributed by atoms with van der Waals surface area (Å²) in [5.41, 5.74) is 1.67. The molecule has 4 aliphatic carbocycles. The lowest BCUT2D eigenvalue weighted by molar-refractivity contribution is -0.138. The summed E-state index contributed by atoms with van der Waals surface area (Å²) in [6.07, 6.45) is 10.0. The fourth-order valence-electron chi connectivity index (χ4n) is 7.46. The van der Waals surface area contributed by atoms with Crippen LogP contribution in [0, 0.1) is 34.0 Å². The second-order valence-corrected chi connectivity index (χ2v) is 9.98. The molecule has 2 heteroatoms. The number of ketones is 1. The summed E-state index contributed by atoms with van der Waals surface area (Å²) in [5, 5.41) is 0. The molecule has 7 unspecified atom stereocenters. The third kappa shape index (κ3) is 1.95. The first kappa shape index (κ1) is 16.8. The van der Waals surface area contributed by atoms with Crippen molar-refractivity contribution < 1.29 is 9.18 Å². The van der Waals surface area contributed by atoms with Crippen LogP contribution in [0.2, 0.25) is 0 Å². The standard InChI is InChI=1S/C22H33FO/c1-14(24)21(3)11-9-19-17-6-5-15-13-16(23)7-10-20(15,2)18(17)8-12-22(19,21)4/h5,16-19H,6-13H2,1-4H3. The van der Waals surface area contributed by atoms with Gasteiger partial charge in [0.1, 0.15) is 12.0 Å². The summed E-state index contributed by atoms with van der Waals surface area (Å²) in [5.74, 6) is 2.47. The van der Waals surface area contributed by atoms with Crippen LogP contribution in [0.3, 0.4) is 0 Å². The Kier molecular flexibility index (Phi) is 3.62. The van der Waals surface area contributed by atoms with Crippen LogP contribution >= 0.6 is 0 Å². The van der Waals surface area contributed by atoms with E-state index in [1.54, 1.807) is 0 Å². The van der Waals surface area contributed by atoms with Gasteiger partial charge in [-0.15, -0.1) is 0 Å². The maximum Gasteiger partial charge on any atom is 0.136 e. The lowest BCUT2D eigenvalue weighted by Crippen LogP contribution is -2.53. The number of hydrogen-bond acceptors (Lipinski definition) is 1. The van der Waals surface area contributed by atoms with Crippen molar-refractivity contribution in [2.45, 2.75) is 85.2 Å². The van der Waals surface area contributed by atoms with Gasteiger partial charge in [-0.25, -0.2) is 4.39 Å². The van der Waals surface area contributed by atoms with Gasteiger partial charge in [0.15, 0.2) is 0 Å². The van der Waals surface area contributed by atoms with E-state index in [4.69, 9.17) is 0 Å². The SMILES string of the molecule is CC(=O)C1(C)CCC2C3CC=C4CC(F)CCC4(C)C3CCC21C. The Morgan fingerprint density at radius 2 is 1.79 bits per heavy atom. The Morgan fingerprint density at radius 1 is 1.08 bits per heavy atom. The lowest BCUT2D eigenvalue weighted by Gasteiger charge is -2.59. The Balaban J connectivity index is 1.69. The Bertz CT molecular complexity index is 595. The molecule has 0 N–H and O–H groups in total. The number of Topliss-reactive ketones (excluding diaryl/α,β-unsaturated/α-hetero) is 1. The molecule has 3 saturated carbocycles. The maximum atomic E-state index is 13.9. The van der Waals surface area contributed by atoms with Gasteiger partial charge in [-0.3, -0.25) is 4.79 Å². The van der Waals surface area contributed by atoms with Gasteiger partial charge < -0.3 is 0 Å². The van der Waals surface area contributed by atoms with Crippen LogP contribution < -0.4 is 0 Å². The van der Waals surface area contributed by atoms with Gasteiger partial charge in [0, 0.05) is 11.8 Å². The molecule has 7 atom stereocenters. The molecule has 0 spiro atoms. The van der Waals surface area contributed by atoms with Gasteiger partial charge >= 0.3 is 0 Å². The third-order valence-corrected chi connectivity index (χ3v) is 9.43. The van der Waals surface area contributed by atoms with E-state index in [-0.39, 0.29) is 16.2 Å². The van der Waals surface area contributed by atoms with Gasteiger partial charge in [0.25, 0.3) is 0 Å². The van der Waals surface area contributed by atoms with Gasteiger partial charge in [-0.05, 0) is 80.5 Å². The number of halogens is 1. The molecular weight excluding hydrogens is 299 g/mol. The van der Waals surface area contributed by atoms with Crippen LogP contribution in [0.25, 0.3) is 0 Å². The van der Waals surface area contributed by atoms with E-state index in [1.165, 1.54) is 24.8 Å². The average molecular weight is 333 g/mol. The highest BCUT2D eigenvalue weighted by molar-refractivity contribution is 5.83. The second-order valence-electron chi connectivity index (χ2n) is 9.98. The van der Waals surface area contributed by atoms with Gasteiger partial charge in [-0.1, -0.05) is 32.4 Å². The minimum Gasteiger partial charge on any atom is -0.299 e. The highest BCUT2D eigenvalue weighted by Crippen LogP contribution is 2.69. The summed E-state index contributed by atoms with van der Waals surface area (Å²) in [6.45, 7) is 8.86. The van der Waals surface area contributed by atoms with Crippen molar-refractivity contribution in [1.29, 1.82) is 0 Å². The van der Waals surface area contributed by atoms with Gasteiger partial charge in [0.2, 0.25) is 0 Å². The number of carbonyl (C=O) groups excluding carboxylic acids is 1. The minimum atomic E-state index is -0.623. The molecule has 3 fully saturated rings. The van der Waals surface area contributed by atoms with E-state index in [9.17, 15) is 9.18 Å². The smallest absolute Gasteiger partial charge is 0.136 e. The van der Waals surface area contributed by atoms with Crippen molar-refractivity contribution in [3.05, 3.63) is 11.6 Å². The van der Waals surface area contributed by atoms with Crippen molar-refractivity contribution in [3.63, 3.8) is 0 Å². The molecule has 0 bridgehead atoms. The predicted molar refractivity (Wildman–Crippen MR) is 95.4 cm³/mol.